The van der Waals surface area contributed by atoms with E-state index in [-0.39, 0.29) is 16.9 Å². The number of hydrogen-bond donors (Lipinski definition) is 1. The first-order chi connectivity index (χ1) is 9.34. The molecule has 0 spiro atoms. The average molecular weight is 285 g/mol. The van der Waals surface area contributed by atoms with E-state index in [4.69, 9.17) is 0 Å². The summed E-state index contributed by atoms with van der Waals surface area (Å²) < 4.78 is 39.9. The number of halogens is 3. The molecule has 0 aliphatic carbocycles. The van der Waals surface area contributed by atoms with Crippen molar-refractivity contribution < 1.29 is 13.2 Å². The Kier molecular flexibility index (Phi) is 3.80. The van der Waals surface area contributed by atoms with Crippen molar-refractivity contribution in [2.24, 2.45) is 0 Å². The van der Waals surface area contributed by atoms with Crippen LogP contribution in [0.25, 0.3) is 10.9 Å². The van der Waals surface area contributed by atoms with Gasteiger partial charge in [-0.05, 0) is 26.1 Å². The second kappa shape index (κ2) is 5.24. The fraction of sp³-hybridized carbons (Fsp3) is 0.385. The minimum atomic E-state index is -4.52. The van der Waals surface area contributed by atoms with Gasteiger partial charge in [-0.2, -0.15) is 13.2 Å². The molecule has 1 aromatic carbocycles. The van der Waals surface area contributed by atoms with Gasteiger partial charge in [0.05, 0.1) is 22.8 Å². The summed E-state index contributed by atoms with van der Waals surface area (Å²) in [5.41, 5.74) is -1.66. The lowest BCUT2D eigenvalue weighted by atomic mass is 10.1. The molecule has 0 fully saturated rings. The Morgan fingerprint density at radius 2 is 2.10 bits per heavy atom. The molecular weight excluding hydrogens is 271 g/mol. The zero-order chi connectivity index (χ0) is 14.9. The van der Waals surface area contributed by atoms with Crippen LogP contribution in [0.4, 0.5) is 13.2 Å². The van der Waals surface area contributed by atoms with E-state index in [1.54, 1.807) is 7.05 Å². The quantitative estimate of drug-likeness (QED) is 0.938. The Bertz CT molecular complexity index is 679. The maximum atomic E-state index is 12.9. The molecule has 0 amide bonds. The molecule has 1 heterocycles. The maximum Gasteiger partial charge on any atom is 0.418 e. The van der Waals surface area contributed by atoms with Crippen LogP contribution in [0.5, 0.6) is 0 Å². The summed E-state index contributed by atoms with van der Waals surface area (Å²) in [6.45, 7) is 2.21. The van der Waals surface area contributed by atoms with Crippen molar-refractivity contribution in [3.05, 3.63) is 40.4 Å². The van der Waals surface area contributed by atoms with Gasteiger partial charge in [0.25, 0.3) is 5.56 Å². The highest BCUT2D eigenvalue weighted by molar-refractivity contribution is 5.81. The van der Waals surface area contributed by atoms with Crippen LogP contribution in [-0.2, 0) is 12.7 Å². The summed E-state index contributed by atoms with van der Waals surface area (Å²) in [5.74, 6) is 0. The zero-order valence-corrected chi connectivity index (χ0v) is 11.0. The van der Waals surface area contributed by atoms with Gasteiger partial charge < -0.3 is 5.32 Å². The van der Waals surface area contributed by atoms with E-state index in [9.17, 15) is 18.0 Å². The molecule has 1 atom stereocenters. The Balaban J connectivity index is 2.61. The van der Waals surface area contributed by atoms with E-state index in [1.165, 1.54) is 16.7 Å². The summed E-state index contributed by atoms with van der Waals surface area (Å²) >= 11 is 0. The van der Waals surface area contributed by atoms with Gasteiger partial charge in [-0.3, -0.25) is 9.36 Å². The molecule has 0 aliphatic heterocycles. The summed E-state index contributed by atoms with van der Waals surface area (Å²) in [7, 11) is 1.74. The first-order valence-corrected chi connectivity index (χ1v) is 6.07. The van der Waals surface area contributed by atoms with Gasteiger partial charge in [0.1, 0.15) is 0 Å². The fourth-order valence-corrected chi connectivity index (χ4v) is 1.93. The molecule has 0 aliphatic rings. The molecule has 1 unspecified atom stereocenters. The maximum absolute atomic E-state index is 12.9. The van der Waals surface area contributed by atoms with Crippen molar-refractivity contribution in [2.75, 3.05) is 7.05 Å². The van der Waals surface area contributed by atoms with E-state index < -0.39 is 17.3 Å². The van der Waals surface area contributed by atoms with E-state index in [1.807, 2.05) is 6.92 Å². The van der Waals surface area contributed by atoms with Crippen molar-refractivity contribution >= 4 is 10.9 Å². The van der Waals surface area contributed by atoms with Crippen LogP contribution in [0.15, 0.2) is 29.3 Å². The normalized spacial score (nSPS) is 13.7. The number of para-hydroxylation sites is 1. The first-order valence-electron chi connectivity index (χ1n) is 6.07. The van der Waals surface area contributed by atoms with Gasteiger partial charge in [0.2, 0.25) is 0 Å². The highest BCUT2D eigenvalue weighted by atomic mass is 19.4. The van der Waals surface area contributed by atoms with Crippen molar-refractivity contribution in [1.82, 2.24) is 14.9 Å². The molecule has 0 radical (unpaired) electrons. The molecule has 0 saturated carbocycles. The van der Waals surface area contributed by atoms with Crippen LogP contribution in [0.3, 0.4) is 0 Å². The molecule has 1 N–H and O–H groups in total. The van der Waals surface area contributed by atoms with Gasteiger partial charge in [-0.25, -0.2) is 4.98 Å². The largest absolute Gasteiger partial charge is 0.418 e. The molecule has 20 heavy (non-hydrogen) atoms. The van der Waals surface area contributed by atoms with E-state index in [0.29, 0.717) is 6.54 Å². The summed E-state index contributed by atoms with van der Waals surface area (Å²) in [6, 6.07) is 3.52. The van der Waals surface area contributed by atoms with Crippen LogP contribution < -0.4 is 10.9 Å². The van der Waals surface area contributed by atoms with E-state index in [0.717, 1.165) is 12.4 Å². The van der Waals surface area contributed by atoms with Crippen LogP contribution in [0.2, 0.25) is 0 Å². The van der Waals surface area contributed by atoms with Crippen molar-refractivity contribution in [3.8, 4) is 0 Å². The number of nitrogens with one attached hydrogen (secondary N) is 1. The van der Waals surface area contributed by atoms with Gasteiger partial charge in [0.15, 0.2) is 0 Å². The smallest absolute Gasteiger partial charge is 0.315 e. The molecular formula is C13H14F3N3O. The van der Waals surface area contributed by atoms with Crippen molar-refractivity contribution in [3.63, 3.8) is 0 Å². The lowest BCUT2D eigenvalue weighted by Gasteiger charge is -2.14. The standard InChI is InChI=1S/C13H14F3N3O/c1-8(17-2)6-19-7-18-11-9(12(19)20)4-3-5-10(11)13(14,15)16/h3-5,7-8,17H,6H2,1-2H3. The number of fused-ring (bicyclic) bond motifs is 1. The van der Waals surface area contributed by atoms with Crippen molar-refractivity contribution in [2.45, 2.75) is 25.7 Å². The summed E-state index contributed by atoms with van der Waals surface area (Å²) in [5, 5.41) is 2.93. The van der Waals surface area contributed by atoms with Gasteiger partial charge in [0, 0.05) is 12.6 Å². The number of alkyl halides is 3. The number of rotatable bonds is 3. The van der Waals surface area contributed by atoms with Crippen LogP contribution in [-0.4, -0.2) is 22.6 Å². The fourth-order valence-electron chi connectivity index (χ4n) is 1.93. The second-order valence-electron chi connectivity index (χ2n) is 4.59. The highest BCUT2D eigenvalue weighted by Crippen LogP contribution is 2.32. The monoisotopic (exact) mass is 285 g/mol. The number of hydrogen-bond acceptors (Lipinski definition) is 3. The first kappa shape index (κ1) is 14.5. The Labute approximate surface area is 113 Å². The molecule has 2 rings (SSSR count). The molecule has 0 bridgehead atoms. The predicted molar refractivity (Wildman–Crippen MR) is 69.5 cm³/mol. The summed E-state index contributed by atoms with van der Waals surface area (Å²) in [4.78, 5) is 16.0. The molecule has 0 saturated heterocycles. The third kappa shape index (κ3) is 2.67. The van der Waals surface area contributed by atoms with E-state index in [2.05, 4.69) is 10.3 Å². The third-order valence-electron chi connectivity index (χ3n) is 3.12. The van der Waals surface area contributed by atoms with E-state index >= 15 is 0 Å². The Morgan fingerprint density at radius 1 is 1.40 bits per heavy atom. The predicted octanol–water partition coefficient (Wildman–Crippen LogP) is 2.02. The average Bonchev–Trinajstić information content (AvgIpc) is 2.40. The molecule has 7 heteroatoms. The molecule has 4 nitrogen and oxygen atoms in total. The second-order valence-corrected chi connectivity index (χ2v) is 4.59. The number of aromatic nitrogens is 2. The number of nitrogens with zero attached hydrogens (tertiary/aromatic N) is 2. The minimum absolute atomic E-state index is 0.0118. The van der Waals surface area contributed by atoms with Gasteiger partial charge >= 0.3 is 6.18 Å². The highest BCUT2D eigenvalue weighted by Gasteiger charge is 2.33. The van der Waals surface area contributed by atoms with Gasteiger partial charge in [-0.15, -0.1) is 0 Å². The van der Waals surface area contributed by atoms with Crippen LogP contribution >= 0.6 is 0 Å². The Hall–Kier alpha value is -1.89. The lowest BCUT2D eigenvalue weighted by Crippen LogP contribution is -2.32. The molecule has 108 valence electrons. The Morgan fingerprint density at radius 3 is 2.70 bits per heavy atom. The SMILES string of the molecule is CNC(C)Cn1cnc2c(C(F)(F)F)cccc2c1=O. The number of benzene rings is 1. The minimum Gasteiger partial charge on any atom is -0.315 e. The van der Waals surface area contributed by atoms with Crippen molar-refractivity contribution in [1.29, 1.82) is 0 Å². The zero-order valence-electron chi connectivity index (χ0n) is 11.0. The van der Waals surface area contributed by atoms with Crippen LogP contribution in [0, 0.1) is 0 Å². The topological polar surface area (TPSA) is 46.9 Å². The molecule has 2 aromatic rings. The number of likely N-dealkylation sites (N-methyl/N-ethyl adjacent to an activating group) is 1. The third-order valence-corrected chi connectivity index (χ3v) is 3.12. The summed E-state index contributed by atoms with van der Waals surface area (Å²) in [6.07, 6.45) is -3.36. The lowest BCUT2D eigenvalue weighted by molar-refractivity contribution is -0.136. The van der Waals surface area contributed by atoms with Crippen LogP contribution in [0.1, 0.15) is 12.5 Å². The van der Waals surface area contributed by atoms with Gasteiger partial charge in [-0.1, -0.05) is 6.07 Å². The molecule has 1 aromatic heterocycles.